The Morgan fingerprint density at radius 2 is 1.89 bits per heavy atom. The lowest BCUT2D eigenvalue weighted by Crippen LogP contribution is -2.32. The summed E-state index contributed by atoms with van der Waals surface area (Å²) in [7, 11) is 0. The number of rotatable bonds is 3. The number of hydrogen-bond acceptors (Lipinski definition) is 4. The summed E-state index contributed by atoms with van der Waals surface area (Å²) in [5, 5.41) is 12.4. The van der Waals surface area contributed by atoms with E-state index in [-0.39, 0.29) is 16.7 Å². The van der Waals surface area contributed by atoms with Gasteiger partial charge in [0.2, 0.25) is 0 Å². The first kappa shape index (κ1) is 19.4. The number of nitrogens with zero attached hydrogens (tertiary/aromatic N) is 2. The van der Waals surface area contributed by atoms with Gasteiger partial charge in [-0.2, -0.15) is 5.10 Å². The van der Waals surface area contributed by atoms with E-state index in [4.69, 9.17) is 0 Å². The molecular formula is C23H29N3OS. The smallest absolute Gasteiger partial charge is 0.264 e. The minimum atomic E-state index is -0.101. The number of fused-ring (bicyclic) bond motifs is 2. The third-order valence-electron chi connectivity index (χ3n) is 7.33. The first-order valence-electron chi connectivity index (χ1n) is 10.2. The molecule has 1 aliphatic heterocycles. The molecule has 1 aromatic carbocycles. The van der Waals surface area contributed by atoms with E-state index in [0.717, 1.165) is 12.0 Å². The Bertz CT molecular complexity index is 895. The van der Waals surface area contributed by atoms with Crippen LogP contribution in [0, 0.1) is 16.7 Å². The van der Waals surface area contributed by atoms with Crippen LogP contribution in [0.25, 0.3) is 6.08 Å². The molecule has 1 heterocycles. The number of carbonyl (C=O) groups is 1. The Labute approximate surface area is 172 Å². The van der Waals surface area contributed by atoms with Crippen molar-refractivity contribution in [2.24, 2.45) is 27.0 Å². The van der Waals surface area contributed by atoms with Gasteiger partial charge in [0.25, 0.3) is 5.91 Å². The van der Waals surface area contributed by atoms with Gasteiger partial charge in [-0.3, -0.25) is 10.1 Å². The normalized spacial score (nSPS) is 32.9. The summed E-state index contributed by atoms with van der Waals surface area (Å²) in [5.41, 5.74) is 3.93. The summed E-state index contributed by atoms with van der Waals surface area (Å²) >= 11 is 1.37. The molecule has 148 valence electrons. The molecule has 4 rings (SSSR count). The molecule has 0 aromatic heterocycles. The van der Waals surface area contributed by atoms with Crippen LogP contribution < -0.4 is 5.32 Å². The van der Waals surface area contributed by atoms with E-state index in [2.05, 4.69) is 74.4 Å². The molecule has 3 fully saturated rings. The van der Waals surface area contributed by atoms with Gasteiger partial charge in [0, 0.05) is 11.1 Å². The van der Waals surface area contributed by atoms with Crippen LogP contribution in [-0.2, 0) is 4.79 Å². The third kappa shape index (κ3) is 3.14. The molecule has 2 atom stereocenters. The summed E-state index contributed by atoms with van der Waals surface area (Å²) in [5.74, 6) is 1.10. The fourth-order valence-corrected chi connectivity index (χ4v) is 5.56. The molecule has 2 aliphatic carbocycles. The van der Waals surface area contributed by atoms with Crippen LogP contribution >= 0.6 is 11.8 Å². The van der Waals surface area contributed by atoms with Gasteiger partial charge in [-0.05, 0) is 65.5 Å². The van der Waals surface area contributed by atoms with Gasteiger partial charge in [0.15, 0.2) is 5.17 Å². The monoisotopic (exact) mass is 395 g/mol. The number of amidine groups is 1. The van der Waals surface area contributed by atoms with Gasteiger partial charge in [-0.1, -0.05) is 58.9 Å². The lowest BCUT2D eigenvalue weighted by Gasteiger charge is -2.34. The fraction of sp³-hybridized carbons (Fsp3) is 0.522. The zero-order chi connectivity index (χ0) is 20.1. The second kappa shape index (κ2) is 6.87. The van der Waals surface area contributed by atoms with Crippen molar-refractivity contribution in [3.8, 4) is 0 Å². The molecular weight excluding hydrogens is 366 g/mol. The van der Waals surface area contributed by atoms with E-state index >= 15 is 0 Å². The van der Waals surface area contributed by atoms with Crippen molar-refractivity contribution in [1.82, 2.24) is 5.32 Å². The summed E-state index contributed by atoms with van der Waals surface area (Å²) in [4.78, 5) is 13.0. The maximum Gasteiger partial charge on any atom is 0.264 e. The molecule has 1 N–H and O–H groups in total. The summed E-state index contributed by atoms with van der Waals surface area (Å²) in [6.45, 7) is 11.4. The van der Waals surface area contributed by atoms with Gasteiger partial charge < -0.3 is 0 Å². The van der Waals surface area contributed by atoms with Gasteiger partial charge in [0.1, 0.15) is 0 Å². The highest BCUT2D eigenvalue weighted by molar-refractivity contribution is 8.18. The minimum Gasteiger partial charge on any atom is -0.299 e. The predicted molar refractivity (Wildman–Crippen MR) is 118 cm³/mol. The molecule has 4 nitrogen and oxygen atoms in total. The summed E-state index contributed by atoms with van der Waals surface area (Å²) in [6, 6.07) is 8.35. The largest absolute Gasteiger partial charge is 0.299 e. The molecule has 2 unspecified atom stereocenters. The Kier molecular flexibility index (Phi) is 4.77. The highest BCUT2D eigenvalue weighted by Crippen LogP contribution is 2.64. The van der Waals surface area contributed by atoms with Crippen molar-refractivity contribution in [2.75, 3.05) is 0 Å². The average molecular weight is 396 g/mol. The number of thioether (sulfide) groups is 1. The number of hydrogen-bond donors (Lipinski definition) is 1. The van der Waals surface area contributed by atoms with E-state index in [9.17, 15) is 4.79 Å². The van der Waals surface area contributed by atoms with Crippen LogP contribution in [0.5, 0.6) is 0 Å². The van der Waals surface area contributed by atoms with Crippen molar-refractivity contribution in [2.45, 2.75) is 59.8 Å². The zero-order valence-electron chi connectivity index (χ0n) is 17.4. The molecule has 2 bridgehead atoms. The maximum absolute atomic E-state index is 12.3. The Morgan fingerprint density at radius 3 is 2.46 bits per heavy atom. The lowest BCUT2D eigenvalue weighted by atomic mass is 9.70. The molecule has 1 aromatic rings. The number of nitrogens with one attached hydrogen (secondary N) is 1. The molecule has 1 amide bonds. The SMILES string of the molecule is CC(C)c1ccc(/C=C2/S/C(=N\N=C3/CC4CCC3(C)C4(C)C)NC2=O)cc1. The fourth-order valence-electron chi connectivity index (χ4n) is 4.79. The molecule has 0 radical (unpaired) electrons. The van der Waals surface area contributed by atoms with Gasteiger partial charge in [-0.25, -0.2) is 0 Å². The minimum absolute atomic E-state index is 0.101. The van der Waals surface area contributed by atoms with Gasteiger partial charge in [-0.15, -0.1) is 5.10 Å². The highest BCUT2D eigenvalue weighted by Gasteiger charge is 2.60. The zero-order valence-corrected chi connectivity index (χ0v) is 18.2. The second-order valence-electron chi connectivity index (χ2n) is 9.33. The van der Waals surface area contributed by atoms with E-state index < -0.39 is 0 Å². The van der Waals surface area contributed by atoms with Crippen LogP contribution in [0.15, 0.2) is 39.4 Å². The van der Waals surface area contributed by atoms with Crippen molar-refractivity contribution in [3.05, 3.63) is 40.3 Å². The number of amides is 1. The first-order chi connectivity index (χ1) is 13.2. The summed E-state index contributed by atoms with van der Waals surface area (Å²) in [6.07, 6.45) is 5.42. The maximum atomic E-state index is 12.3. The van der Waals surface area contributed by atoms with E-state index in [0.29, 0.717) is 21.9 Å². The van der Waals surface area contributed by atoms with Crippen LogP contribution in [0.4, 0.5) is 0 Å². The third-order valence-corrected chi connectivity index (χ3v) is 8.23. The second-order valence-corrected chi connectivity index (χ2v) is 10.4. The molecule has 1 saturated heterocycles. The molecule has 3 aliphatic rings. The van der Waals surface area contributed by atoms with Crippen molar-refractivity contribution < 1.29 is 4.79 Å². The van der Waals surface area contributed by atoms with Crippen molar-refractivity contribution >= 4 is 34.6 Å². The number of benzene rings is 1. The van der Waals surface area contributed by atoms with E-state index in [1.165, 1.54) is 35.9 Å². The number of carbonyl (C=O) groups excluding carboxylic acids is 1. The van der Waals surface area contributed by atoms with E-state index in [1.807, 2.05) is 6.08 Å². The highest BCUT2D eigenvalue weighted by atomic mass is 32.2. The Balaban J connectivity index is 1.51. The van der Waals surface area contributed by atoms with Gasteiger partial charge >= 0.3 is 0 Å². The Hall–Kier alpha value is -1.88. The standard InChI is InChI=1S/C23H29N3OS/c1-14(2)16-8-6-15(7-9-16)12-18-20(27)24-21(28-18)26-25-19-13-17-10-11-23(19,5)22(17,3)4/h6-9,12,14,17H,10-11,13H2,1-5H3,(H,24,26,27)/b18-12+,25-19+. The van der Waals surface area contributed by atoms with Crippen LogP contribution in [0.3, 0.4) is 0 Å². The molecule has 2 saturated carbocycles. The van der Waals surface area contributed by atoms with Crippen molar-refractivity contribution in [1.29, 1.82) is 0 Å². The predicted octanol–water partition coefficient (Wildman–Crippen LogP) is 5.57. The Morgan fingerprint density at radius 1 is 1.18 bits per heavy atom. The molecule has 28 heavy (non-hydrogen) atoms. The van der Waals surface area contributed by atoms with Crippen molar-refractivity contribution in [3.63, 3.8) is 0 Å². The quantitative estimate of drug-likeness (QED) is 0.537. The van der Waals surface area contributed by atoms with Gasteiger partial charge in [0.05, 0.1) is 4.91 Å². The van der Waals surface area contributed by atoms with E-state index in [1.54, 1.807) is 0 Å². The topological polar surface area (TPSA) is 53.8 Å². The summed E-state index contributed by atoms with van der Waals surface area (Å²) < 4.78 is 0. The lowest BCUT2D eigenvalue weighted by molar-refractivity contribution is -0.115. The van der Waals surface area contributed by atoms with Crippen LogP contribution in [-0.4, -0.2) is 16.8 Å². The molecule has 0 spiro atoms. The average Bonchev–Trinajstić information content (AvgIpc) is 3.17. The molecule has 5 heteroatoms. The van der Waals surface area contributed by atoms with Crippen LogP contribution in [0.1, 0.15) is 70.9 Å². The first-order valence-corrected chi connectivity index (χ1v) is 11.0. The van der Waals surface area contributed by atoms with Crippen LogP contribution in [0.2, 0.25) is 0 Å².